The van der Waals surface area contributed by atoms with E-state index in [-0.39, 0.29) is 5.02 Å². The highest BCUT2D eigenvalue weighted by atomic mass is 35.5. The molecule has 0 aliphatic carbocycles. The van der Waals surface area contributed by atoms with Crippen molar-refractivity contribution >= 4 is 45.3 Å². The molecule has 0 atom stereocenters. The number of carbonyl (C=O) groups is 1. The Morgan fingerprint density at radius 2 is 1.90 bits per heavy atom. The predicted octanol–water partition coefficient (Wildman–Crippen LogP) is 2.26. The van der Waals surface area contributed by atoms with E-state index in [9.17, 15) is 13.2 Å². The van der Waals surface area contributed by atoms with Gasteiger partial charge in [0.25, 0.3) is 0 Å². The zero-order valence-corrected chi connectivity index (χ0v) is 12.9. The first-order valence-corrected chi connectivity index (χ1v) is 7.29. The van der Waals surface area contributed by atoms with Gasteiger partial charge in [-0.1, -0.05) is 23.2 Å². The summed E-state index contributed by atoms with van der Waals surface area (Å²) in [6.07, 6.45) is 0. The summed E-state index contributed by atoms with van der Waals surface area (Å²) in [6, 6.07) is 4.02. The molecule has 0 fully saturated rings. The molecule has 10 heteroatoms. The first-order valence-electron chi connectivity index (χ1n) is 5.17. The van der Waals surface area contributed by atoms with E-state index in [1.54, 1.807) is 6.07 Å². The zero-order valence-electron chi connectivity index (χ0n) is 10.6. The van der Waals surface area contributed by atoms with Crippen molar-refractivity contribution in [3.63, 3.8) is 0 Å². The quantitative estimate of drug-likeness (QED) is 0.669. The fourth-order valence-corrected chi connectivity index (χ4v) is 1.84. The van der Waals surface area contributed by atoms with Crippen LogP contribution in [-0.4, -0.2) is 44.7 Å². The molecule has 0 spiro atoms. The fraction of sp³-hybridized carbons (Fsp3) is 0.300. The minimum absolute atomic E-state index is 0.278. The molecule has 0 radical (unpaired) electrons. The molecule has 7 nitrogen and oxygen atoms in total. The van der Waals surface area contributed by atoms with Gasteiger partial charge in [0.15, 0.2) is 0 Å². The molecule has 0 bridgehead atoms. The standard InChI is InChI=1S/C10H12Cl2N2O5S/c1-13(6-19-20(16,17)18)10(15)14(2)7-3-4-8(11)9(12)5-7/h3-5H,6H2,1-2H3,(H,16,17,18). The van der Waals surface area contributed by atoms with Crippen LogP contribution in [0.15, 0.2) is 18.2 Å². The highest BCUT2D eigenvalue weighted by Gasteiger charge is 2.18. The molecule has 0 saturated carbocycles. The van der Waals surface area contributed by atoms with Gasteiger partial charge in [-0.05, 0) is 18.2 Å². The van der Waals surface area contributed by atoms with E-state index < -0.39 is 23.2 Å². The molecule has 1 N–H and O–H groups in total. The second-order valence-electron chi connectivity index (χ2n) is 3.81. The molecule has 0 unspecified atom stereocenters. The van der Waals surface area contributed by atoms with Crippen LogP contribution < -0.4 is 4.90 Å². The molecule has 0 aliphatic rings. The minimum atomic E-state index is -4.61. The summed E-state index contributed by atoms with van der Waals surface area (Å²) in [7, 11) is -1.84. The Morgan fingerprint density at radius 3 is 2.40 bits per heavy atom. The maximum absolute atomic E-state index is 12.0. The fourth-order valence-electron chi connectivity index (χ4n) is 1.26. The van der Waals surface area contributed by atoms with Gasteiger partial charge in [0.2, 0.25) is 0 Å². The highest BCUT2D eigenvalue weighted by molar-refractivity contribution is 7.80. The Balaban J connectivity index is 2.77. The lowest BCUT2D eigenvalue weighted by Gasteiger charge is -2.24. The normalized spacial score (nSPS) is 11.2. The van der Waals surface area contributed by atoms with Crippen LogP contribution in [-0.2, 0) is 14.6 Å². The van der Waals surface area contributed by atoms with Crippen molar-refractivity contribution in [2.45, 2.75) is 0 Å². The van der Waals surface area contributed by atoms with E-state index in [1.165, 1.54) is 31.1 Å². The van der Waals surface area contributed by atoms with Crippen LogP contribution >= 0.6 is 23.2 Å². The Labute approximate surface area is 126 Å². The van der Waals surface area contributed by atoms with Gasteiger partial charge in [-0.2, -0.15) is 8.42 Å². The van der Waals surface area contributed by atoms with Crippen LogP contribution in [0.1, 0.15) is 0 Å². The van der Waals surface area contributed by atoms with Crippen molar-refractivity contribution in [1.82, 2.24) is 4.90 Å². The molecule has 1 aromatic rings. The number of benzene rings is 1. The lowest BCUT2D eigenvalue weighted by Crippen LogP contribution is -2.40. The molecule has 20 heavy (non-hydrogen) atoms. The smallest absolute Gasteiger partial charge is 0.303 e. The van der Waals surface area contributed by atoms with Crippen molar-refractivity contribution in [3.05, 3.63) is 28.2 Å². The molecule has 0 saturated heterocycles. The van der Waals surface area contributed by atoms with Crippen LogP contribution in [0.3, 0.4) is 0 Å². The summed E-state index contributed by atoms with van der Waals surface area (Å²) in [5.41, 5.74) is 0.461. The molecule has 2 amide bonds. The van der Waals surface area contributed by atoms with E-state index in [0.29, 0.717) is 10.7 Å². The Kier molecular flexibility index (Phi) is 5.60. The van der Waals surface area contributed by atoms with Crippen LogP contribution in [0.2, 0.25) is 10.0 Å². The van der Waals surface area contributed by atoms with Gasteiger partial charge in [0.05, 0.1) is 10.0 Å². The average molecular weight is 343 g/mol. The van der Waals surface area contributed by atoms with Gasteiger partial charge in [-0.3, -0.25) is 9.45 Å². The molecule has 1 rings (SSSR count). The van der Waals surface area contributed by atoms with Gasteiger partial charge in [-0.25, -0.2) is 8.98 Å². The summed E-state index contributed by atoms with van der Waals surface area (Å²) in [4.78, 5) is 14.1. The predicted molar refractivity (Wildman–Crippen MR) is 75.5 cm³/mol. The minimum Gasteiger partial charge on any atom is -0.303 e. The van der Waals surface area contributed by atoms with Crippen molar-refractivity contribution in [2.75, 3.05) is 25.7 Å². The second kappa shape index (κ2) is 6.59. The lowest BCUT2D eigenvalue weighted by atomic mass is 10.3. The third-order valence-corrected chi connectivity index (χ3v) is 3.44. The molecule has 0 aromatic heterocycles. The number of halogens is 2. The summed E-state index contributed by atoms with van der Waals surface area (Å²) in [5, 5.41) is 0.625. The van der Waals surface area contributed by atoms with E-state index in [2.05, 4.69) is 4.18 Å². The second-order valence-corrected chi connectivity index (χ2v) is 5.72. The summed E-state index contributed by atoms with van der Waals surface area (Å²) in [5.74, 6) is 0. The van der Waals surface area contributed by atoms with Crippen LogP contribution in [0.25, 0.3) is 0 Å². The molecule has 0 heterocycles. The maximum Gasteiger partial charge on any atom is 0.399 e. The number of hydrogen-bond acceptors (Lipinski definition) is 4. The van der Waals surface area contributed by atoms with Crippen LogP contribution in [0.4, 0.5) is 10.5 Å². The zero-order chi connectivity index (χ0) is 15.5. The van der Waals surface area contributed by atoms with Gasteiger partial charge in [0, 0.05) is 19.8 Å². The van der Waals surface area contributed by atoms with E-state index >= 15 is 0 Å². The van der Waals surface area contributed by atoms with Crippen LogP contribution in [0.5, 0.6) is 0 Å². The largest absolute Gasteiger partial charge is 0.399 e. The lowest BCUT2D eigenvalue weighted by molar-refractivity contribution is 0.152. The topological polar surface area (TPSA) is 87.1 Å². The maximum atomic E-state index is 12.0. The Bertz CT molecular complexity index is 608. The van der Waals surface area contributed by atoms with Crippen molar-refractivity contribution < 1.29 is 21.9 Å². The van der Waals surface area contributed by atoms with Gasteiger partial charge < -0.3 is 4.90 Å². The van der Waals surface area contributed by atoms with Gasteiger partial charge in [0.1, 0.15) is 6.73 Å². The highest BCUT2D eigenvalue weighted by Crippen LogP contribution is 2.27. The monoisotopic (exact) mass is 342 g/mol. The molecular formula is C10H12Cl2N2O5S. The molecule has 1 aromatic carbocycles. The average Bonchev–Trinajstić information content (AvgIpc) is 2.36. The summed E-state index contributed by atoms with van der Waals surface area (Å²) < 4.78 is 33.4. The summed E-state index contributed by atoms with van der Waals surface area (Å²) >= 11 is 11.6. The number of rotatable bonds is 4. The number of nitrogens with zero attached hydrogens (tertiary/aromatic N) is 2. The van der Waals surface area contributed by atoms with Crippen LogP contribution in [0, 0.1) is 0 Å². The van der Waals surface area contributed by atoms with Gasteiger partial charge >= 0.3 is 16.4 Å². The third-order valence-electron chi connectivity index (χ3n) is 2.30. The first-order chi connectivity index (χ1) is 9.11. The Morgan fingerprint density at radius 1 is 1.30 bits per heavy atom. The molecular weight excluding hydrogens is 331 g/mol. The number of carbonyl (C=O) groups excluding carboxylic acids is 1. The van der Waals surface area contributed by atoms with E-state index in [4.69, 9.17) is 27.8 Å². The number of hydrogen-bond donors (Lipinski definition) is 1. The van der Waals surface area contributed by atoms with Crippen molar-refractivity contribution in [3.8, 4) is 0 Å². The molecule has 112 valence electrons. The van der Waals surface area contributed by atoms with Crippen molar-refractivity contribution in [1.29, 1.82) is 0 Å². The number of amides is 2. The third kappa shape index (κ3) is 4.80. The van der Waals surface area contributed by atoms with E-state index in [1.807, 2.05) is 0 Å². The van der Waals surface area contributed by atoms with Crippen molar-refractivity contribution in [2.24, 2.45) is 0 Å². The SMILES string of the molecule is CN(COS(=O)(=O)O)C(=O)N(C)c1ccc(Cl)c(Cl)c1. The summed E-state index contributed by atoms with van der Waals surface area (Å²) in [6.45, 7) is -0.622. The molecule has 0 aliphatic heterocycles. The van der Waals surface area contributed by atoms with E-state index in [0.717, 1.165) is 4.90 Å². The van der Waals surface area contributed by atoms with Gasteiger partial charge in [-0.15, -0.1) is 0 Å². The number of urea groups is 1. The first kappa shape index (κ1) is 17.0. The number of anilines is 1. The Hall–Kier alpha value is -1.06.